The number of H-pyrrole nitrogens is 1. The molecule has 0 aliphatic rings. The summed E-state index contributed by atoms with van der Waals surface area (Å²) in [4.78, 5) is 16.8. The average molecular weight is 298 g/mol. The van der Waals surface area contributed by atoms with Gasteiger partial charge in [-0.3, -0.25) is 9.89 Å². The van der Waals surface area contributed by atoms with Gasteiger partial charge in [-0.05, 0) is 24.1 Å². The van der Waals surface area contributed by atoms with Crippen molar-refractivity contribution in [3.05, 3.63) is 58.2 Å². The average Bonchev–Trinajstić information content (AvgIpc) is 3.16. The number of amides is 1. The maximum Gasteiger partial charge on any atom is 0.263 e. The zero-order chi connectivity index (χ0) is 14.7. The van der Waals surface area contributed by atoms with Crippen LogP contribution in [-0.4, -0.2) is 21.1 Å². The molecule has 6 heteroatoms. The van der Waals surface area contributed by atoms with Crippen LogP contribution in [0.4, 0.5) is 0 Å². The smallest absolute Gasteiger partial charge is 0.263 e. The van der Waals surface area contributed by atoms with E-state index in [2.05, 4.69) is 20.5 Å². The fourth-order valence-corrected chi connectivity index (χ4v) is 2.72. The lowest BCUT2D eigenvalue weighted by molar-refractivity contribution is 0.0954. The van der Waals surface area contributed by atoms with Crippen molar-refractivity contribution in [2.24, 2.45) is 0 Å². The molecule has 0 saturated heterocycles. The first-order valence-electron chi connectivity index (χ1n) is 6.51. The third-order valence-corrected chi connectivity index (χ3v) is 4.10. The van der Waals surface area contributed by atoms with E-state index < -0.39 is 0 Å². The summed E-state index contributed by atoms with van der Waals surface area (Å²) in [5.41, 5.74) is 5.55. The van der Waals surface area contributed by atoms with Crippen LogP contribution in [0.3, 0.4) is 0 Å². The number of carbonyl (C=O) groups is 1. The van der Waals surface area contributed by atoms with Gasteiger partial charge in [0.1, 0.15) is 4.88 Å². The normalized spacial score (nSPS) is 10.5. The van der Waals surface area contributed by atoms with Crippen molar-refractivity contribution >= 4 is 17.2 Å². The van der Waals surface area contributed by atoms with Gasteiger partial charge in [0.2, 0.25) is 0 Å². The number of hydrogen-bond acceptors (Lipinski definition) is 4. The van der Waals surface area contributed by atoms with Crippen LogP contribution in [0, 0.1) is 6.92 Å². The first-order chi connectivity index (χ1) is 10.2. The Kier molecular flexibility index (Phi) is 3.79. The highest BCUT2D eigenvalue weighted by molar-refractivity contribution is 7.11. The number of thiazole rings is 1. The van der Waals surface area contributed by atoms with Gasteiger partial charge in [-0.2, -0.15) is 5.10 Å². The van der Waals surface area contributed by atoms with Crippen LogP contribution in [0.1, 0.15) is 20.9 Å². The number of carbonyl (C=O) groups excluding carboxylic acids is 1. The Balaban J connectivity index is 1.64. The summed E-state index contributed by atoms with van der Waals surface area (Å²) in [5.74, 6) is -0.0763. The molecule has 21 heavy (non-hydrogen) atoms. The highest BCUT2D eigenvalue weighted by atomic mass is 32.1. The molecule has 0 radical (unpaired) electrons. The highest BCUT2D eigenvalue weighted by Crippen LogP contribution is 2.17. The second-order valence-electron chi connectivity index (χ2n) is 4.62. The Morgan fingerprint density at radius 2 is 2.10 bits per heavy atom. The molecule has 0 aliphatic heterocycles. The zero-order valence-corrected chi connectivity index (χ0v) is 12.3. The predicted molar refractivity (Wildman–Crippen MR) is 82.0 cm³/mol. The zero-order valence-electron chi connectivity index (χ0n) is 11.5. The van der Waals surface area contributed by atoms with Gasteiger partial charge in [-0.15, -0.1) is 11.3 Å². The summed E-state index contributed by atoms with van der Waals surface area (Å²) in [5, 5.41) is 9.76. The van der Waals surface area contributed by atoms with Crippen LogP contribution in [0.2, 0.25) is 0 Å². The molecule has 1 aromatic carbocycles. The minimum absolute atomic E-state index is 0.0763. The van der Waals surface area contributed by atoms with Crippen molar-refractivity contribution in [1.82, 2.24) is 20.5 Å². The molecule has 0 fully saturated rings. The van der Waals surface area contributed by atoms with E-state index >= 15 is 0 Å². The Labute approximate surface area is 126 Å². The van der Waals surface area contributed by atoms with Gasteiger partial charge in [0.25, 0.3) is 5.91 Å². The summed E-state index contributed by atoms with van der Waals surface area (Å²) in [6.45, 7) is 2.34. The second kappa shape index (κ2) is 5.88. The molecule has 0 unspecified atom stereocenters. The quantitative estimate of drug-likeness (QED) is 0.778. The lowest BCUT2D eigenvalue weighted by Gasteiger charge is -2.05. The Morgan fingerprint density at radius 3 is 2.71 bits per heavy atom. The van der Waals surface area contributed by atoms with Crippen molar-refractivity contribution in [2.45, 2.75) is 13.5 Å². The van der Waals surface area contributed by atoms with E-state index in [9.17, 15) is 4.79 Å². The van der Waals surface area contributed by atoms with Gasteiger partial charge in [0.05, 0.1) is 16.9 Å². The number of nitrogens with zero attached hydrogens (tertiary/aromatic N) is 2. The molecular formula is C15H14N4OS. The van der Waals surface area contributed by atoms with E-state index in [1.54, 1.807) is 11.7 Å². The second-order valence-corrected chi connectivity index (χ2v) is 5.47. The maximum atomic E-state index is 12.0. The number of aromatic nitrogens is 3. The molecule has 106 valence electrons. The lowest BCUT2D eigenvalue weighted by Crippen LogP contribution is -2.22. The van der Waals surface area contributed by atoms with Gasteiger partial charge < -0.3 is 5.32 Å². The standard InChI is InChI=1S/C15H14N4OS/c1-10-14(21-9-17-10)15(20)16-8-11-2-4-12(5-3-11)13-6-7-18-19-13/h2-7,9H,8H2,1H3,(H,16,20)(H,18,19). The number of benzene rings is 1. The van der Waals surface area contributed by atoms with Gasteiger partial charge in [-0.1, -0.05) is 24.3 Å². The Morgan fingerprint density at radius 1 is 1.29 bits per heavy atom. The molecule has 2 aromatic heterocycles. The summed E-state index contributed by atoms with van der Waals surface area (Å²) in [6.07, 6.45) is 1.72. The van der Waals surface area contributed by atoms with E-state index in [0.717, 1.165) is 22.5 Å². The van der Waals surface area contributed by atoms with Crippen LogP contribution < -0.4 is 5.32 Å². The molecule has 1 amide bonds. The van der Waals surface area contributed by atoms with Gasteiger partial charge >= 0.3 is 0 Å². The fraction of sp³-hybridized carbons (Fsp3) is 0.133. The molecule has 2 heterocycles. The Hall–Kier alpha value is -2.47. The number of aryl methyl sites for hydroxylation is 1. The molecule has 5 nitrogen and oxygen atoms in total. The minimum Gasteiger partial charge on any atom is -0.347 e. The van der Waals surface area contributed by atoms with Gasteiger partial charge in [0, 0.05) is 12.7 Å². The molecule has 2 N–H and O–H groups in total. The topological polar surface area (TPSA) is 70.7 Å². The van der Waals surface area contributed by atoms with Crippen molar-refractivity contribution < 1.29 is 4.79 Å². The molecule has 0 spiro atoms. The van der Waals surface area contributed by atoms with E-state index in [0.29, 0.717) is 11.4 Å². The minimum atomic E-state index is -0.0763. The van der Waals surface area contributed by atoms with E-state index in [1.165, 1.54) is 11.3 Å². The van der Waals surface area contributed by atoms with Crippen molar-refractivity contribution in [1.29, 1.82) is 0 Å². The molecule has 0 saturated carbocycles. The summed E-state index contributed by atoms with van der Waals surface area (Å²) < 4.78 is 0. The molecule has 0 aliphatic carbocycles. The van der Waals surface area contributed by atoms with E-state index in [-0.39, 0.29) is 5.91 Å². The molecule has 0 bridgehead atoms. The Bertz CT molecular complexity index is 731. The highest BCUT2D eigenvalue weighted by Gasteiger charge is 2.10. The van der Waals surface area contributed by atoms with Crippen LogP contribution in [0.5, 0.6) is 0 Å². The largest absolute Gasteiger partial charge is 0.347 e. The first-order valence-corrected chi connectivity index (χ1v) is 7.39. The maximum absolute atomic E-state index is 12.0. The van der Waals surface area contributed by atoms with Crippen molar-refractivity contribution in [3.63, 3.8) is 0 Å². The van der Waals surface area contributed by atoms with E-state index in [4.69, 9.17) is 0 Å². The SMILES string of the molecule is Cc1ncsc1C(=O)NCc1ccc(-c2ccn[nH]2)cc1. The van der Waals surface area contributed by atoms with Gasteiger partial charge in [-0.25, -0.2) is 4.98 Å². The molecule has 3 rings (SSSR count). The number of aromatic amines is 1. The predicted octanol–water partition coefficient (Wildman–Crippen LogP) is 2.77. The van der Waals surface area contributed by atoms with E-state index in [1.807, 2.05) is 37.3 Å². The monoisotopic (exact) mass is 298 g/mol. The third-order valence-electron chi connectivity index (χ3n) is 3.17. The van der Waals surface area contributed by atoms with Crippen LogP contribution >= 0.6 is 11.3 Å². The number of rotatable bonds is 4. The number of nitrogens with one attached hydrogen (secondary N) is 2. The first kappa shape index (κ1) is 13.5. The van der Waals surface area contributed by atoms with Crippen molar-refractivity contribution in [3.8, 4) is 11.3 Å². The molecule has 0 atom stereocenters. The molecule has 3 aromatic rings. The third kappa shape index (κ3) is 3.00. The van der Waals surface area contributed by atoms with Gasteiger partial charge in [0.15, 0.2) is 0 Å². The summed E-state index contributed by atoms with van der Waals surface area (Å²) in [6, 6.07) is 9.93. The summed E-state index contributed by atoms with van der Waals surface area (Å²) in [7, 11) is 0. The summed E-state index contributed by atoms with van der Waals surface area (Å²) >= 11 is 1.36. The lowest BCUT2D eigenvalue weighted by atomic mass is 10.1. The number of hydrogen-bond donors (Lipinski definition) is 2. The van der Waals surface area contributed by atoms with Crippen molar-refractivity contribution in [2.75, 3.05) is 0 Å². The van der Waals surface area contributed by atoms with Crippen LogP contribution in [-0.2, 0) is 6.54 Å². The van der Waals surface area contributed by atoms with Crippen LogP contribution in [0.15, 0.2) is 42.0 Å². The molecular weight excluding hydrogens is 284 g/mol. The van der Waals surface area contributed by atoms with Crippen LogP contribution in [0.25, 0.3) is 11.3 Å². The fourth-order valence-electron chi connectivity index (χ4n) is 2.00.